The molecule has 1 atom stereocenters. The number of hydrogen-bond donors (Lipinski definition) is 2. The van der Waals surface area contributed by atoms with E-state index >= 15 is 0 Å². The van der Waals surface area contributed by atoms with Crippen molar-refractivity contribution in [1.82, 2.24) is 20.2 Å². The molecule has 1 aliphatic carbocycles. The highest BCUT2D eigenvalue weighted by Crippen LogP contribution is 2.32. The van der Waals surface area contributed by atoms with Crippen molar-refractivity contribution < 1.29 is 9.59 Å². The first-order valence-electron chi connectivity index (χ1n) is 9.18. The normalized spacial score (nSPS) is 21.6. The molecule has 1 aromatic rings. The molecule has 25 heavy (non-hydrogen) atoms. The summed E-state index contributed by atoms with van der Waals surface area (Å²) in [4.78, 5) is 35.6. The van der Waals surface area contributed by atoms with E-state index in [1.165, 1.54) is 19.0 Å². The molecule has 2 heterocycles. The summed E-state index contributed by atoms with van der Waals surface area (Å²) in [6, 6.07) is -0.463. The zero-order chi connectivity index (χ0) is 18.0. The van der Waals surface area contributed by atoms with Crippen LogP contribution in [-0.2, 0) is 4.79 Å². The largest absolute Gasteiger partial charge is 0.383 e. The lowest BCUT2D eigenvalue weighted by Gasteiger charge is -2.36. The highest BCUT2D eigenvalue weighted by Gasteiger charge is 2.35. The average Bonchev–Trinajstić information content (AvgIpc) is 3.10. The summed E-state index contributed by atoms with van der Waals surface area (Å²) in [6.07, 6.45) is 6.70. The molecule has 136 valence electrons. The van der Waals surface area contributed by atoms with Gasteiger partial charge in [0.1, 0.15) is 23.2 Å². The molecule has 1 saturated carbocycles. The Kier molecular flexibility index (Phi) is 5.20. The number of nitrogens with two attached hydrogens (primary N) is 1. The SMILES string of the molecule is CC(C)C[C@@H]1C(=O)NCCN1C(=O)c1cnc(C2CCCC2)nc1N. The Morgan fingerprint density at radius 3 is 2.76 bits per heavy atom. The second-order valence-corrected chi connectivity index (χ2v) is 7.44. The van der Waals surface area contributed by atoms with E-state index in [-0.39, 0.29) is 17.6 Å². The maximum Gasteiger partial charge on any atom is 0.259 e. The number of rotatable bonds is 4. The Balaban J connectivity index is 1.82. The molecule has 7 heteroatoms. The van der Waals surface area contributed by atoms with Gasteiger partial charge in [-0.2, -0.15) is 0 Å². The van der Waals surface area contributed by atoms with Gasteiger partial charge in [-0.25, -0.2) is 9.97 Å². The monoisotopic (exact) mass is 345 g/mol. The molecule has 1 saturated heterocycles. The maximum absolute atomic E-state index is 13.0. The van der Waals surface area contributed by atoms with E-state index in [0.29, 0.717) is 36.9 Å². The zero-order valence-electron chi connectivity index (χ0n) is 15.0. The highest BCUT2D eigenvalue weighted by molar-refractivity contribution is 6.01. The summed E-state index contributed by atoms with van der Waals surface area (Å²) < 4.78 is 0. The van der Waals surface area contributed by atoms with Gasteiger partial charge in [0.05, 0.1) is 0 Å². The summed E-state index contributed by atoms with van der Waals surface area (Å²) in [5.74, 6) is 1.26. The average molecular weight is 345 g/mol. The number of carbonyl (C=O) groups is 2. The summed E-state index contributed by atoms with van der Waals surface area (Å²) in [5.41, 5.74) is 6.38. The van der Waals surface area contributed by atoms with E-state index in [0.717, 1.165) is 18.7 Å². The summed E-state index contributed by atoms with van der Waals surface area (Å²) >= 11 is 0. The molecule has 0 aromatic carbocycles. The standard InChI is InChI=1S/C18H27N5O2/c1-11(2)9-14-17(24)20-7-8-23(14)18(25)13-10-21-16(22-15(13)19)12-5-3-4-6-12/h10-12,14H,3-9H2,1-2H3,(H,20,24)(H2,19,21,22)/t14-/m1/s1. The van der Waals surface area contributed by atoms with Crippen molar-refractivity contribution in [3.05, 3.63) is 17.6 Å². The first-order chi connectivity index (χ1) is 12.0. The molecule has 2 fully saturated rings. The molecule has 7 nitrogen and oxygen atoms in total. The maximum atomic E-state index is 13.0. The number of carbonyl (C=O) groups excluding carboxylic acids is 2. The van der Waals surface area contributed by atoms with Crippen molar-refractivity contribution in [2.75, 3.05) is 18.8 Å². The van der Waals surface area contributed by atoms with Crippen molar-refractivity contribution in [3.8, 4) is 0 Å². The van der Waals surface area contributed by atoms with Crippen LogP contribution in [0.3, 0.4) is 0 Å². The van der Waals surface area contributed by atoms with E-state index in [4.69, 9.17) is 5.73 Å². The van der Waals surface area contributed by atoms with Crippen LogP contribution in [0.25, 0.3) is 0 Å². The van der Waals surface area contributed by atoms with E-state index < -0.39 is 6.04 Å². The molecule has 2 amide bonds. The van der Waals surface area contributed by atoms with Gasteiger partial charge in [-0.3, -0.25) is 9.59 Å². The molecule has 1 aromatic heterocycles. The van der Waals surface area contributed by atoms with Crippen LogP contribution < -0.4 is 11.1 Å². The van der Waals surface area contributed by atoms with Crippen LogP contribution in [0.15, 0.2) is 6.20 Å². The minimum atomic E-state index is -0.463. The molecular formula is C18H27N5O2. The molecule has 0 radical (unpaired) electrons. The second-order valence-electron chi connectivity index (χ2n) is 7.44. The number of aromatic nitrogens is 2. The molecule has 0 spiro atoms. The van der Waals surface area contributed by atoms with E-state index in [2.05, 4.69) is 15.3 Å². The van der Waals surface area contributed by atoms with E-state index in [1.54, 1.807) is 4.90 Å². The van der Waals surface area contributed by atoms with Gasteiger partial charge in [-0.1, -0.05) is 26.7 Å². The van der Waals surface area contributed by atoms with Gasteiger partial charge in [-0.05, 0) is 25.2 Å². The number of nitrogens with one attached hydrogen (secondary N) is 1. The quantitative estimate of drug-likeness (QED) is 0.865. The first-order valence-corrected chi connectivity index (χ1v) is 9.18. The zero-order valence-corrected chi connectivity index (χ0v) is 15.0. The fourth-order valence-electron chi connectivity index (χ4n) is 3.75. The number of nitrogens with zero attached hydrogens (tertiary/aromatic N) is 3. The fraction of sp³-hybridized carbons (Fsp3) is 0.667. The number of hydrogen-bond acceptors (Lipinski definition) is 5. The Hall–Kier alpha value is -2.18. The predicted octanol–water partition coefficient (Wildman–Crippen LogP) is 1.70. The second kappa shape index (κ2) is 7.37. The van der Waals surface area contributed by atoms with Crippen molar-refractivity contribution >= 4 is 17.6 Å². The van der Waals surface area contributed by atoms with Crippen LogP contribution in [0.2, 0.25) is 0 Å². The van der Waals surface area contributed by atoms with Gasteiger partial charge >= 0.3 is 0 Å². The molecular weight excluding hydrogens is 318 g/mol. The number of piperazine rings is 1. The molecule has 2 aliphatic rings. The Morgan fingerprint density at radius 2 is 2.12 bits per heavy atom. The van der Waals surface area contributed by atoms with Crippen LogP contribution in [0.5, 0.6) is 0 Å². The van der Waals surface area contributed by atoms with Crippen molar-refractivity contribution in [3.63, 3.8) is 0 Å². The smallest absolute Gasteiger partial charge is 0.259 e. The highest BCUT2D eigenvalue weighted by atomic mass is 16.2. The first kappa shape index (κ1) is 17.6. The topological polar surface area (TPSA) is 101 Å². The molecule has 3 N–H and O–H groups in total. The lowest BCUT2D eigenvalue weighted by atomic mass is 9.99. The minimum Gasteiger partial charge on any atom is -0.383 e. The van der Waals surface area contributed by atoms with E-state index in [1.807, 2.05) is 13.8 Å². The van der Waals surface area contributed by atoms with Crippen LogP contribution >= 0.6 is 0 Å². The summed E-state index contributed by atoms with van der Waals surface area (Å²) in [7, 11) is 0. The molecule has 0 unspecified atom stereocenters. The van der Waals surface area contributed by atoms with E-state index in [9.17, 15) is 9.59 Å². The fourth-order valence-corrected chi connectivity index (χ4v) is 3.75. The van der Waals surface area contributed by atoms with Crippen molar-refractivity contribution in [2.24, 2.45) is 5.92 Å². The van der Waals surface area contributed by atoms with Gasteiger partial charge in [0, 0.05) is 25.2 Å². The van der Waals surface area contributed by atoms with Gasteiger partial charge in [0.2, 0.25) is 5.91 Å². The Labute approximate surface area is 148 Å². The summed E-state index contributed by atoms with van der Waals surface area (Å²) in [6.45, 7) is 5.02. The van der Waals surface area contributed by atoms with Gasteiger partial charge < -0.3 is 16.0 Å². The van der Waals surface area contributed by atoms with Gasteiger partial charge in [0.25, 0.3) is 5.91 Å². The Bertz CT molecular complexity index is 655. The van der Waals surface area contributed by atoms with Crippen LogP contribution in [0, 0.1) is 5.92 Å². The molecule has 0 bridgehead atoms. The van der Waals surface area contributed by atoms with Crippen molar-refractivity contribution in [2.45, 2.75) is 57.9 Å². The van der Waals surface area contributed by atoms with Crippen LogP contribution in [0.1, 0.15) is 68.1 Å². The minimum absolute atomic E-state index is 0.102. The third-order valence-electron chi connectivity index (χ3n) is 5.07. The van der Waals surface area contributed by atoms with Gasteiger partial charge in [0.15, 0.2) is 0 Å². The summed E-state index contributed by atoms with van der Waals surface area (Å²) in [5, 5.41) is 2.84. The number of nitrogen functional groups attached to an aromatic ring is 1. The predicted molar refractivity (Wildman–Crippen MR) is 94.9 cm³/mol. The molecule has 3 rings (SSSR count). The Morgan fingerprint density at radius 1 is 1.40 bits per heavy atom. The lowest BCUT2D eigenvalue weighted by molar-refractivity contribution is -0.128. The van der Waals surface area contributed by atoms with Crippen LogP contribution in [-0.4, -0.2) is 45.8 Å². The number of amides is 2. The third kappa shape index (κ3) is 3.75. The van der Waals surface area contributed by atoms with Crippen LogP contribution in [0.4, 0.5) is 5.82 Å². The third-order valence-corrected chi connectivity index (χ3v) is 5.07. The van der Waals surface area contributed by atoms with Crippen molar-refractivity contribution in [1.29, 1.82) is 0 Å². The lowest BCUT2D eigenvalue weighted by Crippen LogP contribution is -2.57. The van der Waals surface area contributed by atoms with Gasteiger partial charge in [-0.15, -0.1) is 0 Å². The number of anilines is 1. The molecule has 1 aliphatic heterocycles.